The number of nitrogens with one attached hydrogen (secondary N) is 1. The number of nitrogens with two attached hydrogens (primary N) is 1. The van der Waals surface area contributed by atoms with E-state index in [4.69, 9.17) is 5.73 Å². The van der Waals surface area contributed by atoms with Crippen LogP contribution in [0.1, 0.15) is 12.8 Å². The molecule has 0 saturated heterocycles. The molecule has 3 nitrogen and oxygen atoms in total. The molecule has 0 aliphatic heterocycles. The van der Waals surface area contributed by atoms with E-state index in [1.165, 1.54) is 4.21 Å². The van der Waals surface area contributed by atoms with Crippen LogP contribution >= 0.6 is 23.1 Å². The molecular formula is C11H16N2OS2. The number of amides is 1. The summed E-state index contributed by atoms with van der Waals surface area (Å²) in [7, 11) is 1.83. The van der Waals surface area contributed by atoms with Crippen LogP contribution in [0.2, 0.25) is 0 Å². The molecule has 0 aromatic carbocycles. The van der Waals surface area contributed by atoms with E-state index < -0.39 is 5.54 Å². The maximum atomic E-state index is 11.6. The summed E-state index contributed by atoms with van der Waals surface area (Å²) in [6, 6.07) is 4.10. The summed E-state index contributed by atoms with van der Waals surface area (Å²) in [4.78, 5) is 11.6. The molecule has 3 N–H and O–H groups in total. The molecule has 1 aliphatic rings. The first-order valence-electron chi connectivity index (χ1n) is 5.34. The van der Waals surface area contributed by atoms with E-state index in [1.807, 2.05) is 18.5 Å². The fourth-order valence-corrected chi connectivity index (χ4v) is 4.03. The number of thioether (sulfide) groups is 1. The SMILES string of the molecule is CNC(CSc1cccs1)(C(N)=O)C1CC1. The smallest absolute Gasteiger partial charge is 0.238 e. The van der Waals surface area contributed by atoms with Crippen molar-refractivity contribution in [2.75, 3.05) is 12.8 Å². The predicted octanol–water partition coefficient (Wildman–Crippen LogP) is 1.69. The third kappa shape index (κ3) is 2.26. The van der Waals surface area contributed by atoms with Gasteiger partial charge in [0.1, 0.15) is 5.54 Å². The van der Waals surface area contributed by atoms with E-state index in [1.54, 1.807) is 23.1 Å². The van der Waals surface area contributed by atoms with E-state index in [0.29, 0.717) is 5.92 Å². The molecule has 1 unspecified atom stereocenters. The Bertz CT molecular complexity index is 362. The van der Waals surface area contributed by atoms with E-state index in [9.17, 15) is 4.79 Å². The monoisotopic (exact) mass is 256 g/mol. The topological polar surface area (TPSA) is 55.1 Å². The second-order valence-corrected chi connectivity index (χ2v) is 6.30. The molecular weight excluding hydrogens is 240 g/mol. The van der Waals surface area contributed by atoms with Crippen LogP contribution in [0, 0.1) is 5.92 Å². The molecule has 1 aromatic rings. The van der Waals surface area contributed by atoms with Gasteiger partial charge < -0.3 is 11.1 Å². The van der Waals surface area contributed by atoms with Crippen LogP contribution in [0.5, 0.6) is 0 Å². The van der Waals surface area contributed by atoms with Gasteiger partial charge in [0.2, 0.25) is 5.91 Å². The first-order chi connectivity index (χ1) is 7.69. The van der Waals surface area contributed by atoms with Crippen molar-refractivity contribution < 1.29 is 4.79 Å². The fourth-order valence-electron chi connectivity index (χ4n) is 1.90. The third-order valence-corrected chi connectivity index (χ3v) is 5.42. The van der Waals surface area contributed by atoms with E-state index in [2.05, 4.69) is 11.4 Å². The molecule has 1 heterocycles. The molecule has 0 bridgehead atoms. The number of likely N-dealkylation sites (N-methyl/N-ethyl adjacent to an activating group) is 1. The lowest BCUT2D eigenvalue weighted by molar-refractivity contribution is -0.124. The Labute approximate surface area is 104 Å². The lowest BCUT2D eigenvalue weighted by Crippen LogP contribution is -2.57. The highest BCUT2D eigenvalue weighted by molar-refractivity contribution is 8.01. The molecule has 5 heteroatoms. The van der Waals surface area contributed by atoms with Gasteiger partial charge in [0, 0.05) is 5.75 Å². The van der Waals surface area contributed by atoms with Crippen molar-refractivity contribution in [1.82, 2.24) is 5.32 Å². The van der Waals surface area contributed by atoms with Crippen LogP contribution in [0.3, 0.4) is 0 Å². The maximum absolute atomic E-state index is 11.6. The van der Waals surface area contributed by atoms with Crippen molar-refractivity contribution in [3.8, 4) is 0 Å². The average molecular weight is 256 g/mol. The first-order valence-corrected chi connectivity index (χ1v) is 7.20. The number of carbonyl (C=O) groups is 1. The Kier molecular flexibility index (Phi) is 3.56. The lowest BCUT2D eigenvalue weighted by atomic mass is 9.95. The Morgan fingerprint density at radius 1 is 1.75 bits per heavy atom. The minimum atomic E-state index is -0.519. The molecule has 1 fully saturated rings. The van der Waals surface area contributed by atoms with Crippen LogP contribution in [0.25, 0.3) is 0 Å². The van der Waals surface area contributed by atoms with Gasteiger partial charge in [-0.1, -0.05) is 6.07 Å². The molecule has 1 amide bonds. The first kappa shape index (κ1) is 12.0. The highest BCUT2D eigenvalue weighted by Crippen LogP contribution is 2.42. The summed E-state index contributed by atoms with van der Waals surface area (Å²) in [6.45, 7) is 0. The van der Waals surface area contributed by atoms with Gasteiger partial charge in [-0.2, -0.15) is 0 Å². The van der Waals surface area contributed by atoms with Gasteiger partial charge in [-0.3, -0.25) is 4.79 Å². The maximum Gasteiger partial charge on any atom is 0.238 e. The van der Waals surface area contributed by atoms with Crippen molar-refractivity contribution in [2.24, 2.45) is 11.7 Å². The average Bonchev–Trinajstić information content (AvgIpc) is 2.97. The molecule has 1 atom stereocenters. The summed E-state index contributed by atoms with van der Waals surface area (Å²) in [5, 5.41) is 5.20. The van der Waals surface area contributed by atoms with Crippen molar-refractivity contribution in [3.05, 3.63) is 17.5 Å². The van der Waals surface area contributed by atoms with Crippen molar-refractivity contribution in [3.63, 3.8) is 0 Å². The van der Waals surface area contributed by atoms with Gasteiger partial charge in [0.25, 0.3) is 0 Å². The van der Waals surface area contributed by atoms with E-state index in [0.717, 1.165) is 18.6 Å². The number of carbonyl (C=O) groups excluding carboxylic acids is 1. The molecule has 0 radical (unpaired) electrons. The molecule has 16 heavy (non-hydrogen) atoms. The van der Waals surface area contributed by atoms with Gasteiger partial charge in [-0.15, -0.1) is 23.1 Å². The number of primary amides is 1. The Morgan fingerprint density at radius 3 is 2.94 bits per heavy atom. The minimum Gasteiger partial charge on any atom is -0.368 e. The normalized spacial score (nSPS) is 19.3. The van der Waals surface area contributed by atoms with E-state index >= 15 is 0 Å². The molecule has 0 spiro atoms. The Balaban J connectivity index is 2.04. The van der Waals surface area contributed by atoms with Crippen LogP contribution in [0.4, 0.5) is 0 Å². The predicted molar refractivity (Wildman–Crippen MR) is 68.8 cm³/mol. The van der Waals surface area contributed by atoms with Gasteiger partial charge in [-0.05, 0) is 37.3 Å². The van der Waals surface area contributed by atoms with E-state index in [-0.39, 0.29) is 5.91 Å². The lowest BCUT2D eigenvalue weighted by Gasteiger charge is -2.29. The number of rotatable bonds is 6. The third-order valence-electron chi connectivity index (χ3n) is 3.10. The van der Waals surface area contributed by atoms with Crippen molar-refractivity contribution in [2.45, 2.75) is 22.6 Å². The van der Waals surface area contributed by atoms with Crippen LogP contribution in [-0.2, 0) is 4.79 Å². The summed E-state index contributed by atoms with van der Waals surface area (Å²) in [5.41, 5.74) is 5.03. The van der Waals surface area contributed by atoms with Gasteiger partial charge in [0.15, 0.2) is 0 Å². The van der Waals surface area contributed by atoms with Crippen molar-refractivity contribution in [1.29, 1.82) is 0 Å². The minimum absolute atomic E-state index is 0.221. The summed E-state index contributed by atoms with van der Waals surface area (Å²) >= 11 is 3.41. The van der Waals surface area contributed by atoms with Gasteiger partial charge in [0.05, 0.1) is 4.21 Å². The zero-order valence-corrected chi connectivity index (χ0v) is 10.9. The second-order valence-electron chi connectivity index (χ2n) is 4.08. The summed E-state index contributed by atoms with van der Waals surface area (Å²) < 4.78 is 1.24. The highest BCUT2D eigenvalue weighted by Gasteiger charge is 2.48. The van der Waals surface area contributed by atoms with Gasteiger partial charge >= 0.3 is 0 Å². The number of hydrogen-bond acceptors (Lipinski definition) is 4. The second kappa shape index (κ2) is 4.77. The van der Waals surface area contributed by atoms with Crippen LogP contribution in [0.15, 0.2) is 21.7 Å². The molecule has 1 saturated carbocycles. The molecule has 2 rings (SSSR count). The quantitative estimate of drug-likeness (QED) is 0.762. The summed E-state index contributed by atoms with van der Waals surface area (Å²) in [5.74, 6) is 0.924. The largest absolute Gasteiger partial charge is 0.368 e. The highest BCUT2D eigenvalue weighted by atomic mass is 32.2. The Hall–Kier alpha value is -0.520. The fraction of sp³-hybridized carbons (Fsp3) is 0.545. The van der Waals surface area contributed by atoms with Crippen LogP contribution < -0.4 is 11.1 Å². The standard InChI is InChI=1S/C11H16N2OS2/c1-13-11(10(12)14,8-4-5-8)7-16-9-3-2-6-15-9/h2-3,6,8,13H,4-5,7H2,1H3,(H2,12,14). The van der Waals surface area contributed by atoms with Gasteiger partial charge in [-0.25, -0.2) is 0 Å². The summed E-state index contributed by atoms with van der Waals surface area (Å²) in [6.07, 6.45) is 2.21. The number of hydrogen-bond donors (Lipinski definition) is 2. The zero-order valence-electron chi connectivity index (χ0n) is 9.23. The van der Waals surface area contributed by atoms with Crippen molar-refractivity contribution >= 4 is 29.0 Å². The molecule has 1 aliphatic carbocycles. The Morgan fingerprint density at radius 2 is 2.50 bits per heavy atom. The zero-order chi connectivity index (χ0) is 11.6. The number of thiophene rings is 1. The molecule has 1 aromatic heterocycles. The van der Waals surface area contributed by atoms with Crippen LogP contribution in [-0.4, -0.2) is 24.2 Å². The molecule has 88 valence electrons.